The number of hydrogen-bond donors (Lipinski definition) is 0. The van der Waals surface area contributed by atoms with Crippen molar-refractivity contribution in [3.8, 4) is 0 Å². The molecule has 0 amide bonds. The van der Waals surface area contributed by atoms with Crippen LogP contribution in [-0.2, 0) is 0 Å². The zero-order valence-electron chi connectivity index (χ0n) is 9.52. The standard InChI is InChI=1S/C12H21N/c1-9(2)12-8-11(5)6-7-13(12)10(3)4/h8,10H,6-7H2,1-5H3. The summed E-state index contributed by atoms with van der Waals surface area (Å²) in [5.41, 5.74) is 4.36. The Balaban J connectivity index is 2.96. The van der Waals surface area contributed by atoms with Gasteiger partial charge in [-0.1, -0.05) is 11.1 Å². The minimum Gasteiger partial charge on any atom is -0.369 e. The maximum Gasteiger partial charge on any atom is 0.0354 e. The maximum absolute atomic E-state index is 2.49. The predicted octanol–water partition coefficient (Wildman–Crippen LogP) is 3.34. The lowest BCUT2D eigenvalue weighted by Gasteiger charge is -2.34. The molecule has 0 aliphatic carbocycles. The van der Waals surface area contributed by atoms with Gasteiger partial charge in [0.15, 0.2) is 0 Å². The molecular weight excluding hydrogens is 158 g/mol. The van der Waals surface area contributed by atoms with Gasteiger partial charge in [-0.05, 0) is 47.1 Å². The first-order valence-electron chi connectivity index (χ1n) is 5.13. The average Bonchev–Trinajstić information content (AvgIpc) is 2.03. The van der Waals surface area contributed by atoms with E-state index < -0.39 is 0 Å². The Morgan fingerprint density at radius 1 is 1.38 bits per heavy atom. The molecule has 0 aromatic rings. The second-order valence-corrected chi connectivity index (χ2v) is 4.41. The van der Waals surface area contributed by atoms with Gasteiger partial charge in [0.25, 0.3) is 0 Å². The molecule has 1 heteroatoms. The molecule has 1 nitrogen and oxygen atoms in total. The van der Waals surface area contributed by atoms with Crippen LogP contribution in [-0.4, -0.2) is 17.5 Å². The van der Waals surface area contributed by atoms with Crippen LogP contribution in [0.25, 0.3) is 0 Å². The summed E-state index contributed by atoms with van der Waals surface area (Å²) >= 11 is 0. The van der Waals surface area contributed by atoms with E-state index in [1.54, 1.807) is 0 Å². The summed E-state index contributed by atoms with van der Waals surface area (Å²) in [6, 6.07) is 0.620. The molecule has 0 atom stereocenters. The second-order valence-electron chi connectivity index (χ2n) is 4.41. The second kappa shape index (κ2) is 3.99. The van der Waals surface area contributed by atoms with E-state index in [4.69, 9.17) is 0 Å². The summed E-state index contributed by atoms with van der Waals surface area (Å²) in [6.45, 7) is 12.3. The van der Waals surface area contributed by atoms with Crippen LogP contribution in [0.4, 0.5) is 0 Å². The van der Waals surface area contributed by atoms with Crippen LogP contribution in [0.2, 0.25) is 0 Å². The van der Waals surface area contributed by atoms with Crippen LogP contribution in [0.3, 0.4) is 0 Å². The highest BCUT2D eigenvalue weighted by atomic mass is 15.2. The van der Waals surface area contributed by atoms with E-state index >= 15 is 0 Å². The van der Waals surface area contributed by atoms with Crippen LogP contribution in [0.5, 0.6) is 0 Å². The van der Waals surface area contributed by atoms with Crippen molar-refractivity contribution in [2.45, 2.75) is 47.1 Å². The Bertz CT molecular complexity index is 242. The molecule has 0 spiro atoms. The van der Waals surface area contributed by atoms with E-state index in [1.165, 1.54) is 29.8 Å². The molecule has 0 N–H and O–H groups in total. The molecule has 0 unspecified atom stereocenters. The number of hydrogen-bond acceptors (Lipinski definition) is 1. The number of nitrogens with zero attached hydrogens (tertiary/aromatic N) is 1. The van der Waals surface area contributed by atoms with Gasteiger partial charge in [0.1, 0.15) is 0 Å². The Labute approximate surface area is 82.1 Å². The van der Waals surface area contributed by atoms with E-state index in [0.717, 1.165) is 0 Å². The smallest absolute Gasteiger partial charge is 0.0354 e. The number of rotatable bonds is 1. The lowest BCUT2D eigenvalue weighted by Crippen LogP contribution is -2.33. The fraction of sp³-hybridized carbons (Fsp3) is 0.667. The van der Waals surface area contributed by atoms with Crippen LogP contribution < -0.4 is 0 Å². The normalized spacial score (nSPS) is 17.8. The first-order chi connectivity index (χ1) is 6.02. The summed E-state index contributed by atoms with van der Waals surface area (Å²) < 4.78 is 0. The molecular formula is C12H21N. The minimum atomic E-state index is 0.620. The van der Waals surface area contributed by atoms with Gasteiger partial charge in [-0.25, -0.2) is 0 Å². The average molecular weight is 179 g/mol. The lowest BCUT2D eigenvalue weighted by atomic mass is 10.0. The third-order valence-electron chi connectivity index (χ3n) is 2.58. The van der Waals surface area contributed by atoms with Crippen molar-refractivity contribution in [2.75, 3.05) is 6.54 Å². The molecule has 1 rings (SSSR count). The first-order valence-corrected chi connectivity index (χ1v) is 5.13. The SMILES string of the molecule is CC1=CC(=C(C)C)N(C(C)C)CC1. The molecule has 13 heavy (non-hydrogen) atoms. The van der Waals surface area contributed by atoms with Gasteiger partial charge in [-0.15, -0.1) is 0 Å². The topological polar surface area (TPSA) is 3.24 Å². The first kappa shape index (κ1) is 10.4. The van der Waals surface area contributed by atoms with Gasteiger partial charge in [-0.2, -0.15) is 0 Å². The van der Waals surface area contributed by atoms with Gasteiger partial charge in [0.05, 0.1) is 0 Å². The summed E-state index contributed by atoms with van der Waals surface area (Å²) in [5.74, 6) is 0. The Kier molecular flexibility index (Phi) is 3.18. The van der Waals surface area contributed by atoms with Gasteiger partial charge < -0.3 is 4.90 Å². The van der Waals surface area contributed by atoms with E-state index in [1.807, 2.05) is 0 Å². The lowest BCUT2D eigenvalue weighted by molar-refractivity contribution is 0.284. The Morgan fingerprint density at radius 2 is 2.00 bits per heavy atom. The van der Waals surface area contributed by atoms with E-state index in [-0.39, 0.29) is 0 Å². The molecule has 74 valence electrons. The van der Waals surface area contributed by atoms with E-state index in [0.29, 0.717) is 6.04 Å². The third kappa shape index (κ3) is 2.36. The highest BCUT2D eigenvalue weighted by Crippen LogP contribution is 2.23. The van der Waals surface area contributed by atoms with Gasteiger partial charge in [0, 0.05) is 18.3 Å². The summed E-state index contributed by atoms with van der Waals surface area (Å²) in [5, 5.41) is 0. The third-order valence-corrected chi connectivity index (χ3v) is 2.58. The zero-order chi connectivity index (χ0) is 10.0. The summed E-state index contributed by atoms with van der Waals surface area (Å²) in [4.78, 5) is 2.49. The molecule has 0 radical (unpaired) electrons. The van der Waals surface area contributed by atoms with Crippen molar-refractivity contribution in [3.05, 3.63) is 22.9 Å². The fourth-order valence-corrected chi connectivity index (χ4v) is 1.77. The zero-order valence-corrected chi connectivity index (χ0v) is 9.52. The quantitative estimate of drug-likeness (QED) is 0.596. The number of allylic oxidation sites excluding steroid dienone is 2. The van der Waals surface area contributed by atoms with Crippen LogP contribution in [0, 0.1) is 0 Å². The molecule has 1 aliphatic rings. The van der Waals surface area contributed by atoms with Crippen LogP contribution in [0.15, 0.2) is 22.9 Å². The van der Waals surface area contributed by atoms with Crippen LogP contribution >= 0.6 is 0 Å². The van der Waals surface area contributed by atoms with Crippen LogP contribution in [0.1, 0.15) is 41.0 Å². The molecule has 0 aromatic heterocycles. The molecule has 1 aliphatic heterocycles. The van der Waals surface area contributed by atoms with E-state index in [9.17, 15) is 0 Å². The summed E-state index contributed by atoms with van der Waals surface area (Å²) in [7, 11) is 0. The molecule has 0 bridgehead atoms. The van der Waals surface area contributed by atoms with Crippen molar-refractivity contribution in [1.82, 2.24) is 4.90 Å². The summed E-state index contributed by atoms with van der Waals surface area (Å²) in [6.07, 6.45) is 3.55. The molecule has 0 fully saturated rings. The van der Waals surface area contributed by atoms with Gasteiger partial charge in [0.2, 0.25) is 0 Å². The Morgan fingerprint density at radius 3 is 2.46 bits per heavy atom. The maximum atomic E-state index is 2.49. The molecule has 0 saturated heterocycles. The highest BCUT2D eigenvalue weighted by Gasteiger charge is 2.16. The molecule has 0 saturated carbocycles. The highest BCUT2D eigenvalue weighted by molar-refractivity contribution is 5.29. The van der Waals surface area contributed by atoms with Crippen molar-refractivity contribution < 1.29 is 0 Å². The van der Waals surface area contributed by atoms with Crippen molar-refractivity contribution >= 4 is 0 Å². The van der Waals surface area contributed by atoms with Gasteiger partial charge in [-0.3, -0.25) is 0 Å². The van der Waals surface area contributed by atoms with Gasteiger partial charge >= 0.3 is 0 Å². The van der Waals surface area contributed by atoms with Crippen molar-refractivity contribution in [2.24, 2.45) is 0 Å². The molecule has 1 heterocycles. The monoisotopic (exact) mass is 179 g/mol. The van der Waals surface area contributed by atoms with Crippen molar-refractivity contribution in [1.29, 1.82) is 0 Å². The van der Waals surface area contributed by atoms with Crippen molar-refractivity contribution in [3.63, 3.8) is 0 Å². The largest absolute Gasteiger partial charge is 0.369 e. The Hall–Kier alpha value is -0.720. The fourth-order valence-electron chi connectivity index (χ4n) is 1.77. The van der Waals surface area contributed by atoms with E-state index in [2.05, 4.69) is 45.6 Å². The predicted molar refractivity (Wildman–Crippen MR) is 58.6 cm³/mol. The molecule has 0 aromatic carbocycles. The minimum absolute atomic E-state index is 0.620.